The second-order valence-corrected chi connectivity index (χ2v) is 6.76. The number of aromatic nitrogens is 2. The molecule has 0 radical (unpaired) electrons. The van der Waals surface area contributed by atoms with E-state index in [1.165, 1.54) is 6.92 Å². The first-order valence-corrected chi connectivity index (χ1v) is 9.39. The predicted molar refractivity (Wildman–Crippen MR) is 95.5 cm³/mol. The number of nitrogens with one attached hydrogen (secondary N) is 2. The summed E-state index contributed by atoms with van der Waals surface area (Å²) in [5.41, 5.74) is 11.1. The van der Waals surface area contributed by atoms with Crippen molar-refractivity contribution in [2.75, 3.05) is 12.0 Å². The molecule has 8 N–H and O–H groups in total. The van der Waals surface area contributed by atoms with E-state index in [0.29, 0.717) is 6.42 Å². The Morgan fingerprint density at radius 3 is 2.52 bits per heavy atom. The molecule has 152 valence electrons. The Kier molecular flexibility index (Phi) is 8.97. The second kappa shape index (κ2) is 10.7. The average molecular weight is 404 g/mol. The molecule has 4 atom stereocenters. The van der Waals surface area contributed by atoms with Gasteiger partial charge in [0.15, 0.2) is 11.9 Å². The number of carboxylic acid groups (broad SMARTS) is 1. The van der Waals surface area contributed by atoms with E-state index < -0.39 is 42.1 Å². The fraction of sp³-hybridized carbons (Fsp3) is 0.643. The number of hydrogen-bond acceptors (Lipinski definition) is 9. The van der Waals surface area contributed by atoms with Gasteiger partial charge in [0.25, 0.3) is 0 Å². The van der Waals surface area contributed by atoms with Crippen LogP contribution in [0.1, 0.15) is 43.6 Å². The lowest BCUT2D eigenvalue weighted by Crippen LogP contribution is -2.52. The number of amides is 3. The molecule has 0 aliphatic carbocycles. The van der Waals surface area contributed by atoms with E-state index in [0.717, 1.165) is 5.75 Å². The van der Waals surface area contributed by atoms with Crippen molar-refractivity contribution in [3.05, 3.63) is 11.7 Å². The van der Waals surface area contributed by atoms with Crippen LogP contribution < -0.4 is 22.1 Å². The molecule has 27 heavy (non-hydrogen) atoms. The highest BCUT2D eigenvalue weighted by atomic mass is 32.2. The monoisotopic (exact) mass is 404 g/mol. The van der Waals surface area contributed by atoms with Gasteiger partial charge in [-0.25, -0.2) is 9.59 Å². The SMILES string of the molecule is CSCC[C@H](N)c1noc([C@H](CC(N)=O)NC(=O)N[C@H](C(=O)O)C(C)O)n1. The topological polar surface area (TPSA) is 207 Å². The lowest BCUT2D eigenvalue weighted by Gasteiger charge is -2.19. The van der Waals surface area contributed by atoms with Gasteiger partial charge in [0.1, 0.15) is 6.04 Å². The molecule has 1 heterocycles. The van der Waals surface area contributed by atoms with Crippen LogP contribution in [0.4, 0.5) is 4.79 Å². The van der Waals surface area contributed by atoms with Gasteiger partial charge in [-0.15, -0.1) is 0 Å². The second-order valence-electron chi connectivity index (χ2n) is 5.78. The van der Waals surface area contributed by atoms with Gasteiger partial charge in [0.2, 0.25) is 11.8 Å². The fourth-order valence-electron chi connectivity index (χ4n) is 2.04. The minimum atomic E-state index is -1.54. The maximum Gasteiger partial charge on any atom is 0.328 e. The zero-order valence-electron chi connectivity index (χ0n) is 14.9. The van der Waals surface area contributed by atoms with Gasteiger partial charge < -0.3 is 36.8 Å². The van der Waals surface area contributed by atoms with Gasteiger partial charge in [-0.3, -0.25) is 4.79 Å². The summed E-state index contributed by atoms with van der Waals surface area (Å²) in [7, 11) is 0. The Morgan fingerprint density at radius 2 is 2.00 bits per heavy atom. The van der Waals surface area contributed by atoms with Crippen LogP contribution in [-0.2, 0) is 9.59 Å². The minimum absolute atomic E-state index is 0.0949. The molecule has 1 rings (SSSR count). The number of nitrogens with two attached hydrogens (primary N) is 2. The summed E-state index contributed by atoms with van der Waals surface area (Å²) in [6, 6.07) is -4.07. The van der Waals surface area contributed by atoms with E-state index in [-0.39, 0.29) is 18.1 Å². The maximum atomic E-state index is 12.0. The number of thioether (sulfide) groups is 1. The highest BCUT2D eigenvalue weighted by molar-refractivity contribution is 7.98. The third kappa shape index (κ3) is 7.40. The number of rotatable bonds is 11. The zero-order chi connectivity index (χ0) is 20.6. The van der Waals surface area contributed by atoms with Crippen LogP contribution in [0.15, 0.2) is 4.52 Å². The number of aliphatic carboxylic acids is 1. The van der Waals surface area contributed by atoms with Crippen molar-refractivity contribution in [2.24, 2.45) is 11.5 Å². The molecule has 0 fully saturated rings. The number of nitrogens with zero attached hydrogens (tertiary/aromatic N) is 2. The van der Waals surface area contributed by atoms with E-state index >= 15 is 0 Å². The van der Waals surface area contributed by atoms with Crippen molar-refractivity contribution >= 4 is 29.7 Å². The van der Waals surface area contributed by atoms with Crippen LogP contribution in [0.3, 0.4) is 0 Å². The zero-order valence-corrected chi connectivity index (χ0v) is 15.7. The van der Waals surface area contributed by atoms with Crippen molar-refractivity contribution in [1.82, 2.24) is 20.8 Å². The standard InChI is InChI=1S/C14H24N6O6S/c1-6(21)10(13(23)24)18-14(25)17-8(5-9(16)22)12-19-11(20-26-12)7(15)3-4-27-2/h6-8,10,21H,3-5,15H2,1-2H3,(H2,16,22)(H,23,24)(H2,17,18,25)/t6?,7-,8-,10-/m0/s1. The summed E-state index contributed by atoms with van der Waals surface area (Å²) < 4.78 is 5.07. The highest BCUT2D eigenvalue weighted by Gasteiger charge is 2.29. The number of hydrogen-bond donors (Lipinski definition) is 6. The number of aliphatic hydroxyl groups is 1. The molecule has 0 aliphatic rings. The number of aliphatic hydroxyl groups excluding tert-OH is 1. The first kappa shape index (κ1) is 22.7. The van der Waals surface area contributed by atoms with Crippen molar-refractivity contribution in [1.29, 1.82) is 0 Å². The molecule has 0 spiro atoms. The molecular weight excluding hydrogens is 380 g/mol. The van der Waals surface area contributed by atoms with Gasteiger partial charge in [0, 0.05) is 0 Å². The average Bonchev–Trinajstić information content (AvgIpc) is 3.06. The van der Waals surface area contributed by atoms with Crippen LogP contribution in [0, 0.1) is 0 Å². The van der Waals surface area contributed by atoms with E-state index in [1.807, 2.05) is 6.26 Å². The number of carboxylic acids is 1. The number of carbonyl (C=O) groups excluding carboxylic acids is 2. The quantitative estimate of drug-likeness (QED) is 0.261. The van der Waals surface area contributed by atoms with Gasteiger partial charge in [-0.05, 0) is 25.4 Å². The van der Waals surface area contributed by atoms with Crippen LogP contribution in [0.2, 0.25) is 0 Å². The highest BCUT2D eigenvalue weighted by Crippen LogP contribution is 2.18. The van der Waals surface area contributed by atoms with Crippen molar-refractivity contribution in [3.8, 4) is 0 Å². The number of carbonyl (C=O) groups is 3. The van der Waals surface area contributed by atoms with E-state index in [9.17, 15) is 19.5 Å². The van der Waals surface area contributed by atoms with Crippen molar-refractivity contribution < 1.29 is 29.1 Å². The molecule has 0 aromatic carbocycles. The Bertz CT molecular complexity index is 654. The molecule has 1 aromatic heterocycles. The maximum absolute atomic E-state index is 12.0. The van der Waals surface area contributed by atoms with Gasteiger partial charge >= 0.3 is 12.0 Å². The molecule has 0 saturated heterocycles. The summed E-state index contributed by atoms with van der Waals surface area (Å²) >= 11 is 1.60. The summed E-state index contributed by atoms with van der Waals surface area (Å²) in [6.07, 6.45) is 0.828. The number of urea groups is 1. The third-order valence-corrected chi connectivity index (χ3v) is 4.11. The minimum Gasteiger partial charge on any atom is -0.480 e. The Hall–Kier alpha value is -2.38. The van der Waals surface area contributed by atoms with Gasteiger partial charge in [-0.2, -0.15) is 16.7 Å². The first-order valence-electron chi connectivity index (χ1n) is 7.99. The Morgan fingerprint density at radius 1 is 1.33 bits per heavy atom. The fourth-order valence-corrected chi connectivity index (χ4v) is 2.53. The normalized spacial score (nSPS) is 15.4. The summed E-state index contributed by atoms with van der Waals surface area (Å²) in [5.74, 6) is -1.28. The summed E-state index contributed by atoms with van der Waals surface area (Å²) in [4.78, 5) is 38.5. The van der Waals surface area contributed by atoms with E-state index in [2.05, 4.69) is 20.8 Å². The van der Waals surface area contributed by atoms with E-state index in [4.69, 9.17) is 21.1 Å². The lowest BCUT2D eigenvalue weighted by molar-refractivity contribution is -0.141. The summed E-state index contributed by atoms with van der Waals surface area (Å²) in [5, 5.41) is 26.6. The molecule has 12 nitrogen and oxygen atoms in total. The number of primary amides is 1. The van der Waals surface area contributed by atoms with Gasteiger partial charge in [-0.1, -0.05) is 5.16 Å². The van der Waals surface area contributed by atoms with Crippen molar-refractivity contribution in [3.63, 3.8) is 0 Å². The lowest BCUT2D eigenvalue weighted by atomic mass is 10.2. The smallest absolute Gasteiger partial charge is 0.328 e. The largest absolute Gasteiger partial charge is 0.480 e. The molecule has 0 bridgehead atoms. The predicted octanol–water partition coefficient (Wildman–Crippen LogP) is -1.13. The molecule has 13 heteroatoms. The van der Waals surface area contributed by atoms with Crippen molar-refractivity contribution in [2.45, 2.75) is 44.0 Å². The Balaban J connectivity index is 2.87. The van der Waals surface area contributed by atoms with Crippen LogP contribution in [-0.4, -0.2) is 62.4 Å². The first-order chi connectivity index (χ1) is 12.6. The van der Waals surface area contributed by atoms with Crippen LogP contribution >= 0.6 is 11.8 Å². The van der Waals surface area contributed by atoms with Crippen LogP contribution in [0.25, 0.3) is 0 Å². The third-order valence-electron chi connectivity index (χ3n) is 3.47. The summed E-state index contributed by atoms with van der Waals surface area (Å²) in [6.45, 7) is 1.21. The van der Waals surface area contributed by atoms with Crippen LogP contribution in [0.5, 0.6) is 0 Å². The molecule has 3 amide bonds. The Labute approximate surface area is 159 Å². The molecule has 1 unspecified atom stereocenters. The molecule has 0 aliphatic heterocycles. The van der Waals surface area contributed by atoms with Gasteiger partial charge in [0.05, 0.1) is 18.6 Å². The molecule has 1 aromatic rings. The molecule has 0 saturated carbocycles. The van der Waals surface area contributed by atoms with E-state index in [1.54, 1.807) is 11.8 Å². The molecular formula is C14H24N6O6S.